The second kappa shape index (κ2) is 12.9. The van der Waals surface area contributed by atoms with Crippen molar-refractivity contribution in [3.8, 4) is 0 Å². The lowest BCUT2D eigenvalue weighted by Gasteiger charge is -2.51. The summed E-state index contributed by atoms with van der Waals surface area (Å²) in [4.78, 5) is 17.2. The Balaban J connectivity index is 1.41. The van der Waals surface area contributed by atoms with E-state index in [1.807, 2.05) is 6.08 Å². The molecule has 13 unspecified atom stereocenters. The molecule has 17 heteroatoms. The standard InChI is InChI=1S/C27H49N9O8/c1-26(40)10-42-23(19(38)22(26)32-2)44-21-15(35-24(39)27(41)6-16(27)36-25(30)31)5-13(29)17(18(21)37)20-14(34-11-8-33-9-11)4-3-12(7-28)43-20/h3,11,13-23,32-34,37-38,40-41H,4-10,28-29H2,1-2H3,(H,35,39)(H4,30,31,36). The summed E-state index contributed by atoms with van der Waals surface area (Å²) in [5, 5.41) is 57.2. The number of amides is 1. The summed E-state index contributed by atoms with van der Waals surface area (Å²) in [6, 6.07) is -3.17. The van der Waals surface area contributed by atoms with Gasteiger partial charge in [-0.15, -0.1) is 0 Å². The zero-order valence-corrected chi connectivity index (χ0v) is 25.1. The molecule has 0 spiro atoms. The number of likely N-dealkylation sites (N-methyl/N-ethyl adjacent to an activating group) is 1. The molecule has 0 radical (unpaired) electrons. The summed E-state index contributed by atoms with van der Waals surface area (Å²) in [5.74, 6) is -1.10. The molecule has 0 bridgehead atoms. The minimum absolute atomic E-state index is 0.0169. The van der Waals surface area contributed by atoms with E-state index in [0.29, 0.717) is 12.2 Å². The summed E-state index contributed by atoms with van der Waals surface area (Å²) in [5.41, 5.74) is 20.3. The molecule has 0 aromatic rings. The molecule has 17 nitrogen and oxygen atoms in total. The molecule has 250 valence electrons. The van der Waals surface area contributed by atoms with Crippen LogP contribution in [0.1, 0.15) is 26.2 Å². The van der Waals surface area contributed by atoms with Crippen LogP contribution in [0.25, 0.3) is 0 Å². The third kappa shape index (κ3) is 6.54. The van der Waals surface area contributed by atoms with Gasteiger partial charge in [-0.1, -0.05) is 0 Å². The molecule has 4 fully saturated rings. The molecular formula is C27H49N9O8. The van der Waals surface area contributed by atoms with Gasteiger partial charge in [0.15, 0.2) is 17.9 Å². The van der Waals surface area contributed by atoms with Crippen LogP contribution in [0, 0.1) is 5.92 Å². The predicted molar refractivity (Wildman–Crippen MR) is 157 cm³/mol. The molecule has 3 heterocycles. The van der Waals surface area contributed by atoms with Gasteiger partial charge in [0.1, 0.15) is 29.7 Å². The number of aliphatic imine (C=N–C) groups is 1. The van der Waals surface area contributed by atoms with E-state index in [2.05, 4.69) is 26.3 Å². The van der Waals surface area contributed by atoms with Crippen LogP contribution in [0.5, 0.6) is 0 Å². The lowest BCUT2D eigenvalue weighted by atomic mass is 9.72. The quantitative estimate of drug-likeness (QED) is 0.0793. The average Bonchev–Trinajstić information content (AvgIpc) is 3.59. The molecule has 2 aliphatic carbocycles. The molecule has 1 amide bonds. The van der Waals surface area contributed by atoms with E-state index < -0.39 is 77.9 Å². The molecule has 2 saturated carbocycles. The number of nitrogens with zero attached hydrogens (tertiary/aromatic N) is 1. The highest BCUT2D eigenvalue weighted by atomic mass is 16.7. The maximum atomic E-state index is 13.3. The lowest BCUT2D eigenvalue weighted by Crippen LogP contribution is -2.70. The topological polar surface area (TPSA) is 290 Å². The number of hydrogen-bond acceptors (Lipinski definition) is 14. The minimum atomic E-state index is -1.84. The maximum Gasteiger partial charge on any atom is 0.254 e. The molecule has 0 aromatic carbocycles. The number of hydrogen-bond donors (Lipinski definition) is 12. The summed E-state index contributed by atoms with van der Waals surface area (Å²) >= 11 is 0. The van der Waals surface area contributed by atoms with Gasteiger partial charge in [-0.05, 0) is 32.9 Å². The highest BCUT2D eigenvalue weighted by Gasteiger charge is 2.61. The number of nitrogens with one attached hydrogen (secondary N) is 4. The lowest BCUT2D eigenvalue weighted by molar-refractivity contribution is -0.297. The van der Waals surface area contributed by atoms with E-state index >= 15 is 0 Å². The Labute approximate surface area is 256 Å². The molecular weight excluding hydrogens is 578 g/mol. The summed E-state index contributed by atoms with van der Waals surface area (Å²) < 4.78 is 18.3. The van der Waals surface area contributed by atoms with Crippen molar-refractivity contribution >= 4 is 11.9 Å². The highest BCUT2D eigenvalue weighted by molar-refractivity contribution is 5.90. The Morgan fingerprint density at radius 2 is 1.95 bits per heavy atom. The highest BCUT2D eigenvalue weighted by Crippen LogP contribution is 2.41. The molecule has 44 heavy (non-hydrogen) atoms. The number of carbonyl (C=O) groups is 1. The van der Waals surface area contributed by atoms with Crippen LogP contribution < -0.4 is 44.2 Å². The normalized spacial score (nSPS) is 45.8. The smallest absolute Gasteiger partial charge is 0.254 e. The monoisotopic (exact) mass is 627 g/mol. The van der Waals surface area contributed by atoms with Crippen molar-refractivity contribution in [1.82, 2.24) is 21.3 Å². The SMILES string of the molecule is CNC1C(O)C(OC2C(NC(=O)C3(O)CC3N=C(N)N)CC(N)C(C3OC(CN)=CCC3NC3CNC3)C2O)OCC1(C)O. The van der Waals surface area contributed by atoms with Crippen molar-refractivity contribution in [3.05, 3.63) is 11.8 Å². The molecule has 0 aromatic heterocycles. The molecule has 5 rings (SSSR count). The van der Waals surface area contributed by atoms with Gasteiger partial charge in [0.2, 0.25) is 0 Å². The Morgan fingerprint density at radius 3 is 2.57 bits per heavy atom. The maximum absolute atomic E-state index is 13.3. The fourth-order valence-corrected chi connectivity index (χ4v) is 6.92. The Kier molecular flexibility index (Phi) is 9.75. The first kappa shape index (κ1) is 33.2. The van der Waals surface area contributed by atoms with E-state index in [1.165, 1.54) is 6.92 Å². The number of rotatable bonds is 10. The average molecular weight is 628 g/mol. The Bertz CT molecular complexity index is 1110. The summed E-state index contributed by atoms with van der Waals surface area (Å²) in [6.45, 7) is 3.13. The van der Waals surface area contributed by atoms with Gasteiger partial charge in [0, 0.05) is 43.6 Å². The number of ether oxygens (including phenoxy) is 3. The first-order valence-corrected chi connectivity index (χ1v) is 15.2. The Morgan fingerprint density at radius 1 is 1.23 bits per heavy atom. The van der Waals surface area contributed by atoms with Gasteiger partial charge in [-0.3, -0.25) is 4.79 Å². The van der Waals surface area contributed by atoms with Gasteiger partial charge < -0.3 is 78.8 Å². The predicted octanol–water partition coefficient (Wildman–Crippen LogP) is -6.04. The van der Waals surface area contributed by atoms with E-state index in [9.17, 15) is 25.2 Å². The van der Waals surface area contributed by atoms with Crippen LogP contribution in [0.4, 0.5) is 0 Å². The van der Waals surface area contributed by atoms with Gasteiger partial charge >= 0.3 is 0 Å². The van der Waals surface area contributed by atoms with Crippen LogP contribution in [0.2, 0.25) is 0 Å². The minimum Gasteiger partial charge on any atom is -0.492 e. The largest absolute Gasteiger partial charge is 0.492 e. The molecule has 2 saturated heterocycles. The third-order valence-corrected chi connectivity index (χ3v) is 9.59. The summed E-state index contributed by atoms with van der Waals surface area (Å²) in [7, 11) is 1.59. The van der Waals surface area contributed by atoms with Crippen molar-refractivity contribution in [3.63, 3.8) is 0 Å². The van der Waals surface area contributed by atoms with E-state index in [0.717, 1.165) is 13.1 Å². The van der Waals surface area contributed by atoms with Crippen LogP contribution in [-0.2, 0) is 19.0 Å². The number of carbonyl (C=O) groups excluding carboxylic acids is 1. The van der Waals surface area contributed by atoms with Crippen molar-refractivity contribution in [1.29, 1.82) is 0 Å². The Hall–Kier alpha value is -2.16. The van der Waals surface area contributed by atoms with Crippen LogP contribution >= 0.6 is 0 Å². The zero-order chi connectivity index (χ0) is 32.0. The third-order valence-electron chi connectivity index (χ3n) is 9.59. The summed E-state index contributed by atoms with van der Waals surface area (Å²) in [6.07, 6.45) is -2.98. The second-order valence-corrected chi connectivity index (χ2v) is 13.0. The van der Waals surface area contributed by atoms with E-state index in [1.54, 1.807) is 7.05 Å². The van der Waals surface area contributed by atoms with Crippen LogP contribution in [0.15, 0.2) is 16.8 Å². The van der Waals surface area contributed by atoms with Gasteiger partial charge in [-0.25, -0.2) is 4.99 Å². The molecule has 16 N–H and O–H groups in total. The van der Waals surface area contributed by atoms with Crippen molar-refractivity contribution in [2.24, 2.45) is 33.8 Å². The second-order valence-electron chi connectivity index (χ2n) is 13.0. The molecule has 5 aliphatic rings. The molecule has 13 atom stereocenters. The number of guanidine groups is 1. The first-order valence-electron chi connectivity index (χ1n) is 15.2. The van der Waals surface area contributed by atoms with Gasteiger partial charge in [0.05, 0.1) is 37.4 Å². The van der Waals surface area contributed by atoms with Crippen molar-refractivity contribution in [2.45, 2.75) is 104 Å². The number of aliphatic hydroxyl groups is 4. The number of aliphatic hydroxyl groups excluding tert-OH is 2. The van der Waals surface area contributed by atoms with Crippen LogP contribution in [0.3, 0.4) is 0 Å². The fraction of sp³-hybridized carbons (Fsp3) is 0.852. The number of nitrogens with two attached hydrogens (primary N) is 4. The van der Waals surface area contributed by atoms with E-state index in [4.69, 9.17) is 37.1 Å². The van der Waals surface area contributed by atoms with Gasteiger partial charge in [0.25, 0.3) is 5.91 Å². The van der Waals surface area contributed by atoms with E-state index in [-0.39, 0.29) is 44.0 Å². The van der Waals surface area contributed by atoms with Crippen molar-refractivity contribution < 1.29 is 39.4 Å². The van der Waals surface area contributed by atoms with Crippen LogP contribution in [-0.4, -0.2) is 144 Å². The molecule has 3 aliphatic heterocycles. The van der Waals surface area contributed by atoms with Gasteiger partial charge in [-0.2, -0.15) is 0 Å². The first-order chi connectivity index (χ1) is 20.8. The van der Waals surface area contributed by atoms with Crippen molar-refractivity contribution in [2.75, 3.05) is 33.3 Å². The fourth-order valence-electron chi connectivity index (χ4n) is 6.92. The zero-order valence-electron chi connectivity index (χ0n) is 25.1.